The summed E-state index contributed by atoms with van der Waals surface area (Å²) in [5.74, 6) is 0.760. The van der Waals surface area contributed by atoms with Crippen LogP contribution in [0.15, 0.2) is 16.8 Å². The van der Waals surface area contributed by atoms with E-state index < -0.39 is 0 Å². The molecule has 1 N–H and O–H groups in total. The van der Waals surface area contributed by atoms with Crippen molar-refractivity contribution in [2.45, 2.75) is 51.1 Å². The fourth-order valence-corrected chi connectivity index (χ4v) is 4.70. The van der Waals surface area contributed by atoms with Gasteiger partial charge in [0, 0.05) is 18.5 Å². The van der Waals surface area contributed by atoms with Crippen molar-refractivity contribution in [3.05, 3.63) is 22.4 Å². The summed E-state index contributed by atoms with van der Waals surface area (Å²) in [6, 6.07) is 2.68. The van der Waals surface area contributed by atoms with Gasteiger partial charge in [0.1, 0.15) is 0 Å². The molecule has 5 heteroatoms. The molecule has 1 spiro atoms. The summed E-state index contributed by atoms with van der Waals surface area (Å²) < 4.78 is 0. The van der Waals surface area contributed by atoms with Crippen LogP contribution in [0.3, 0.4) is 0 Å². The van der Waals surface area contributed by atoms with Gasteiger partial charge >= 0.3 is 0 Å². The number of nitrogens with zero attached hydrogens (tertiary/aromatic N) is 1. The maximum Gasteiger partial charge on any atom is 0.226 e. The molecule has 1 aromatic heterocycles. The van der Waals surface area contributed by atoms with Gasteiger partial charge in [-0.3, -0.25) is 4.79 Å². The fraction of sp³-hybridized carbons (Fsp3) is 0.706. The second kappa shape index (κ2) is 6.50. The van der Waals surface area contributed by atoms with Gasteiger partial charge in [-0.1, -0.05) is 6.42 Å². The SMILES string of the molecule is Cl.O=C(C1CCC1)N(Cc1ccsc1)C1CC12CCNCC2. The van der Waals surface area contributed by atoms with Crippen LogP contribution in [-0.2, 0) is 11.3 Å². The highest BCUT2D eigenvalue weighted by Crippen LogP contribution is 2.56. The van der Waals surface area contributed by atoms with Crippen molar-refractivity contribution in [1.82, 2.24) is 10.2 Å². The fourth-order valence-electron chi connectivity index (χ4n) is 4.04. The minimum absolute atomic E-state index is 0. The standard InChI is InChI=1S/C17H24N2OS.ClH/c20-16(14-2-1-3-14)19(11-13-4-9-21-12-13)15-10-17(15)5-7-18-8-6-17;/h4,9,12,14-15,18H,1-3,5-8,10-11H2;1H. The number of rotatable bonds is 4. The zero-order valence-electron chi connectivity index (χ0n) is 12.9. The van der Waals surface area contributed by atoms with Gasteiger partial charge < -0.3 is 10.2 Å². The van der Waals surface area contributed by atoms with Crippen LogP contribution >= 0.6 is 23.7 Å². The molecule has 1 saturated heterocycles. The van der Waals surface area contributed by atoms with Crippen LogP contribution in [0.4, 0.5) is 0 Å². The number of hydrogen-bond donors (Lipinski definition) is 1. The molecule has 2 aliphatic carbocycles. The Morgan fingerprint density at radius 3 is 2.73 bits per heavy atom. The van der Waals surface area contributed by atoms with E-state index in [0.29, 0.717) is 23.3 Å². The number of nitrogens with one attached hydrogen (secondary N) is 1. The van der Waals surface area contributed by atoms with Crippen molar-refractivity contribution in [3.63, 3.8) is 0 Å². The maximum absolute atomic E-state index is 12.9. The molecule has 1 amide bonds. The van der Waals surface area contributed by atoms with Crippen LogP contribution in [0.5, 0.6) is 0 Å². The third kappa shape index (κ3) is 2.93. The number of piperidine rings is 1. The summed E-state index contributed by atoms with van der Waals surface area (Å²) in [6.07, 6.45) is 7.19. The lowest BCUT2D eigenvalue weighted by atomic mass is 9.84. The van der Waals surface area contributed by atoms with Crippen LogP contribution in [0.25, 0.3) is 0 Å². The summed E-state index contributed by atoms with van der Waals surface area (Å²) in [4.78, 5) is 15.1. The normalized spacial score (nSPS) is 26.1. The van der Waals surface area contributed by atoms with Crippen molar-refractivity contribution in [2.24, 2.45) is 11.3 Å². The monoisotopic (exact) mass is 340 g/mol. The lowest BCUT2D eigenvalue weighted by Gasteiger charge is -2.34. The zero-order chi connectivity index (χ0) is 14.3. The van der Waals surface area contributed by atoms with E-state index in [-0.39, 0.29) is 12.4 Å². The van der Waals surface area contributed by atoms with Crippen molar-refractivity contribution in [1.29, 1.82) is 0 Å². The number of amides is 1. The van der Waals surface area contributed by atoms with E-state index in [1.165, 1.54) is 31.2 Å². The summed E-state index contributed by atoms with van der Waals surface area (Å²) in [5.41, 5.74) is 1.75. The largest absolute Gasteiger partial charge is 0.335 e. The van der Waals surface area contributed by atoms with Gasteiger partial charge in [0.15, 0.2) is 0 Å². The van der Waals surface area contributed by atoms with Crippen LogP contribution in [-0.4, -0.2) is 29.9 Å². The van der Waals surface area contributed by atoms with Crippen LogP contribution in [0.2, 0.25) is 0 Å². The van der Waals surface area contributed by atoms with E-state index >= 15 is 0 Å². The van der Waals surface area contributed by atoms with Gasteiger partial charge in [0.25, 0.3) is 0 Å². The quantitative estimate of drug-likeness (QED) is 0.910. The topological polar surface area (TPSA) is 32.3 Å². The average Bonchev–Trinajstić information content (AvgIpc) is 2.87. The molecule has 1 atom stereocenters. The van der Waals surface area contributed by atoms with Gasteiger partial charge in [-0.25, -0.2) is 0 Å². The molecular formula is C17H25ClN2OS. The zero-order valence-corrected chi connectivity index (χ0v) is 14.6. The molecule has 4 rings (SSSR count). The average molecular weight is 341 g/mol. The van der Waals surface area contributed by atoms with Gasteiger partial charge in [-0.05, 0) is 73.0 Å². The highest BCUT2D eigenvalue weighted by Gasteiger charge is 2.58. The Kier molecular flexibility index (Phi) is 4.81. The Labute approximate surface area is 142 Å². The van der Waals surface area contributed by atoms with Crippen LogP contribution in [0, 0.1) is 11.3 Å². The molecule has 3 nitrogen and oxygen atoms in total. The predicted molar refractivity (Wildman–Crippen MR) is 92.4 cm³/mol. The Morgan fingerprint density at radius 1 is 1.36 bits per heavy atom. The summed E-state index contributed by atoms with van der Waals surface area (Å²) in [6.45, 7) is 3.08. The molecule has 1 unspecified atom stereocenters. The van der Waals surface area contributed by atoms with E-state index in [0.717, 1.165) is 32.5 Å². The Balaban J connectivity index is 0.00000144. The Morgan fingerprint density at radius 2 is 2.14 bits per heavy atom. The minimum atomic E-state index is 0. The smallest absolute Gasteiger partial charge is 0.226 e. The molecule has 122 valence electrons. The number of thiophene rings is 1. The number of halogens is 1. The number of carbonyl (C=O) groups is 1. The Hall–Kier alpha value is -0.580. The van der Waals surface area contributed by atoms with Gasteiger partial charge in [0.05, 0.1) is 0 Å². The summed E-state index contributed by atoms with van der Waals surface area (Å²) in [7, 11) is 0. The molecule has 1 aromatic rings. The molecule has 2 saturated carbocycles. The molecule has 3 fully saturated rings. The first-order valence-corrected chi connectivity index (χ1v) is 9.25. The van der Waals surface area contributed by atoms with E-state index in [1.54, 1.807) is 11.3 Å². The first-order chi connectivity index (χ1) is 10.3. The lowest BCUT2D eigenvalue weighted by Crippen LogP contribution is -2.43. The highest BCUT2D eigenvalue weighted by atomic mass is 35.5. The highest BCUT2D eigenvalue weighted by molar-refractivity contribution is 7.07. The maximum atomic E-state index is 12.9. The van der Waals surface area contributed by atoms with E-state index in [9.17, 15) is 4.79 Å². The van der Waals surface area contributed by atoms with Crippen molar-refractivity contribution < 1.29 is 4.79 Å². The van der Waals surface area contributed by atoms with Crippen molar-refractivity contribution in [2.75, 3.05) is 13.1 Å². The number of carbonyl (C=O) groups excluding carboxylic acids is 1. The molecule has 0 radical (unpaired) electrons. The summed E-state index contributed by atoms with van der Waals surface area (Å²) in [5, 5.41) is 7.77. The van der Waals surface area contributed by atoms with Gasteiger partial charge in [0.2, 0.25) is 5.91 Å². The predicted octanol–water partition coefficient (Wildman–Crippen LogP) is 3.44. The second-order valence-corrected chi connectivity index (χ2v) is 7.84. The molecule has 0 bridgehead atoms. The Bertz CT molecular complexity index is 509. The van der Waals surface area contributed by atoms with Crippen molar-refractivity contribution in [3.8, 4) is 0 Å². The van der Waals surface area contributed by atoms with Crippen LogP contribution in [0.1, 0.15) is 44.1 Å². The first-order valence-electron chi connectivity index (χ1n) is 8.31. The lowest BCUT2D eigenvalue weighted by molar-refractivity contribution is -0.140. The molecule has 2 heterocycles. The van der Waals surface area contributed by atoms with E-state index in [2.05, 4.69) is 27.0 Å². The van der Waals surface area contributed by atoms with Gasteiger partial charge in [-0.15, -0.1) is 12.4 Å². The third-order valence-corrected chi connectivity index (χ3v) is 6.52. The number of hydrogen-bond acceptors (Lipinski definition) is 3. The van der Waals surface area contributed by atoms with Crippen LogP contribution < -0.4 is 5.32 Å². The molecular weight excluding hydrogens is 316 g/mol. The van der Waals surface area contributed by atoms with Gasteiger partial charge in [-0.2, -0.15) is 11.3 Å². The molecule has 0 aromatic carbocycles. The molecule has 3 aliphatic rings. The second-order valence-electron chi connectivity index (χ2n) is 7.06. The summed E-state index contributed by atoms with van der Waals surface area (Å²) >= 11 is 1.73. The molecule has 1 aliphatic heterocycles. The first kappa shape index (κ1) is 16.3. The van der Waals surface area contributed by atoms with E-state index in [1.807, 2.05) is 0 Å². The van der Waals surface area contributed by atoms with E-state index in [4.69, 9.17) is 0 Å². The minimum Gasteiger partial charge on any atom is -0.335 e. The molecule has 22 heavy (non-hydrogen) atoms. The van der Waals surface area contributed by atoms with Crippen molar-refractivity contribution >= 4 is 29.7 Å². The third-order valence-electron chi connectivity index (χ3n) is 5.79.